The third-order valence-electron chi connectivity index (χ3n) is 2.49. The predicted octanol–water partition coefficient (Wildman–Crippen LogP) is 1.40. The number of carboxylic acid groups (broad SMARTS) is 1. The van der Waals surface area contributed by atoms with Crippen molar-refractivity contribution in [3.8, 4) is 5.75 Å². The lowest BCUT2D eigenvalue weighted by Crippen LogP contribution is -2.28. The van der Waals surface area contributed by atoms with Crippen LogP contribution in [0.4, 0.5) is 10.1 Å². The van der Waals surface area contributed by atoms with Crippen LogP contribution in [0.15, 0.2) is 53.6 Å². The van der Waals surface area contributed by atoms with Crippen molar-refractivity contribution < 1.29 is 19.0 Å². The number of hydrogen-bond donors (Lipinski definition) is 1. The molecule has 2 aromatic rings. The second-order valence-electron chi connectivity index (χ2n) is 4.11. The van der Waals surface area contributed by atoms with E-state index in [9.17, 15) is 14.3 Å². The molecule has 0 radical (unpaired) electrons. The maximum atomic E-state index is 12.7. The van der Waals surface area contributed by atoms with Crippen LogP contribution in [0.1, 0.15) is 5.56 Å². The van der Waals surface area contributed by atoms with Crippen molar-refractivity contribution in [1.29, 1.82) is 0 Å². The molecule has 2 rings (SSSR count). The topological polar surface area (TPSA) is 73.8 Å². The fourth-order valence-electron chi connectivity index (χ4n) is 1.50. The Kier molecular flexibility index (Phi) is 4.87. The summed E-state index contributed by atoms with van der Waals surface area (Å²) in [6, 6.07) is 12.5. The number of hydrogen-bond acceptors (Lipinski definition) is 5. The van der Waals surface area contributed by atoms with Crippen molar-refractivity contribution in [3.63, 3.8) is 0 Å². The molecule has 0 spiro atoms. The Morgan fingerprint density at radius 2 is 1.86 bits per heavy atom. The van der Waals surface area contributed by atoms with Crippen LogP contribution in [0.25, 0.3) is 0 Å². The summed E-state index contributed by atoms with van der Waals surface area (Å²) in [6.45, 7) is -0.487. The molecule has 5 nitrogen and oxygen atoms in total. The average Bonchev–Trinajstić information content (AvgIpc) is 2.48. The van der Waals surface area contributed by atoms with Crippen LogP contribution in [0.2, 0.25) is 0 Å². The monoisotopic (exact) mass is 287 g/mol. The van der Waals surface area contributed by atoms with E-state index in [0.717, 1.165) is 5.56 Å². The van der Waals surface area contributed by atoms with Gasteiger partial charge in [-0.25, -0.2) is 4.39 Å². The van der Waals surface area contributed by atoms with Gasteiger partial charge in [-0.2, -0.15) is 5.10 Å². The highest BCUT2D eigenvalue weighted by atomic mass is 19.1. The summed E-state index contributed by atoms with van der Waals surface area (Å²) in [6.07, 6.45) is 1.58. The number of halogens is 1. The molecule has 2 aromatic carbocycles. The van der Waals surface area contributed by atoms with E-state index in [4.69, 9.17) is 4.74 Å². The molecule has 108 valence electrons. The van der Waals surface area contributed by atoms with E-state index in [1.165, 1.54) is 12.1 Å². The third-order valence-corrected chi connectivity index (χ3v) is 2.49. The summed E-state index contributed by atoms with van der Waals surface area (Å²) < 4.78 is 17.7. The van der Waals surface area contributed by atoms with Gasteiger partial charge in [0.2, 0.25) is 0 Å². The molecular weight excluding hydrogens is 275 g/mol. The molecule has 6 heteroatoms. The van der Waals surface area contributed by atoms with E-state index in [-0.39, 0.29) is 5.82 Å². The number of carbonyl (C=O) groups excluding carboxylic acids is 1. The van der Waals surface area contributed by atoms with E-state index in [2.05, 4.69) is 10.5 Å². The zero-order valence-corrected chi connectivity index (χ0v) is 11.0. The molecule has 1 N–H and O–H groups in total. The van der Waals surface area contributed by atoms with Gasteiger partial charge in [-0.15, -0.1) is 0 Å². The van der Waals surface area contributed by atoms with Gasteiger partial charge < -0.3 is 14.6 Å². The van der Waals surface area contributed by atoms with E-state index in [1.807, 2.05) is 0 Å². The lowest BCUT2D eigenvalue weighted by atomic mass is 10.2. The van der Waals surface area contributed by atoms with E-state index >= 15 is 0 Å². The third kappa shape index (κ3) is 4.94. The van der Waals surface area contributed by atoms with Crippen LogP contribution in [0.5, 0.6) is 5.75 Å². The van der Waals surface area contributed by atoms with Crippen LogP contribution in [0.3, 0.4) is 0 Å². The molecule has 0 fully saturated rings. The number of benzene rings is 2. The summed E-state index contributed by atoms with van der Waals surface area (Å²) in [5, 5.41) is 14.3. The van der Waals surface area contributed by atoms with Gasteiger partial charge in [-0.3, -0.25) is 5.43 Å². The number of carbonyl (C=O) groups is 1. The highest BCUT2D eigenvalue weighted by Crippen LogP contribution is 2.11. The molecule has 0 bridgehead atoms. The van der Waals surface area contributed by atoms with Gasteiger partial charge in [0.1, 0.15) is 18.2 Å². The van der Waals surface area contributed by atoms with Gasteiger partial charge in [0, 0.05) is 0 Å². The molecule has 0 amide bonds. The number of anilines is 1. The van der Waals surface area contributed by atoms with Gasteiger partial charge in [0.15, 0.2) is 0 Å². The minimum absolute atomic E-state index is 0.309. The van der Waals surface area contributed by atoms with Crippen LogP contribution in [-0.4, -0.2) is 18.8 Å². The first kappa shape index (κ1) is 14.5. The van der Waals surface area contributed by atoms with Crippen molar-refractivity contribution in [2.75, 3.05) is 12.0 Å². The molecule has 0 aliphatic carbocycles. The van der Waals surface area contributed by atoms with E-state index < -0.39 is 12.6 Å². The van der Waals surface area contributed by atoms with Gasteiger partial charge in [-0.05, 0) is 54.1 Å². The Balaban J connectivity index is 1.89. The molecule has 0 heterocycles. The number of rotatable bonds is 6. The number of ether oxygens (including phenoxy) is 1. The first-order chi connectivity index (χ1) is 10.1. The molecule has 0 saturated carbocycles. The highest BCUT2D eigenvalue weighted by molar-refractivity contribution is 5.80. The van der Waals surface area contributed by atoms with Gasteiger partial charge in [-0.1, -0.05) is 0 Å². The quantitative estimate of drug-likeness (QED) is 0.644. The number of hydrazone groups is 1. The summed E-state index contributed by atoms with van der Waals surface area (Å²) in [7, 11) is 0. The van der Waals surface area contributed by atoms with Gasteiger partial charge in [0.05, 0.1) is 17.9 Å². The molecular formula is C15H12FN2O3-. The van der Waals surface area contributed by atoms with Crippen molar-refractivity contribution in [1.82, 2.24) is 0 Å². The highest BCUT2D eigenvalue weighted by Gasteiger charge is 1.94. The van der Waals surface area contributed by atoms with Crippen molar-refractivity contribution in [2.45, 2.75) is 0 Å². The van der Waals surface area contributed by atoms with Gasteiger partial charge in [0.25, 0.3) is 0 Å². The largest absolute Gasteiger partial charge is 0.546 e. The molecule has 0 aromatic heterocycles. The maximum absolute atomic E-state index is 12.7. The number of aliphatic carboxylic acids is 1. The summed E-state index contributed by atoms with van der Waals surface area (Å²) in [5.74, 6) is -1.15. The van der Waals surface area contributed by atoms with Crippen LogP contribution in [-0.2, 0) is 4.79 Å². The Morgan fingerprint density at radius 3 is 2.48 bits per heavy atom. The van der Waals surface area contributed by atoms with E-state index in [1.54, 1.807) is 42.6 Å². The van der Waals surface area contributed by atoms with Crippen molar-refractivity contribution in [2.24, 2.45) is 5.10 Å². The molecule has 0 atom stereocenters. The molecule has 0 aliphatic heterocycles. The summed E-state index contributed by atoms with van der Waals surface area (Å²) in [5.41, 5.74) is 4.23. The van der Waals surface area contributed by atoms with Crippen molar-refractivity contribution in [3.05, 3.63) is 59.9 Å². The Morgan fingerprint density at radius 1 is 1.19 bits per heavy atom. The molecule has 21 heavy (non-hydrogen) atoms. The van der Waals surface area contributed by atoms with Gasteiger partial charge >= 0.3 is 0 Å². The number of nitrogens with zero attached hydrogens (tertiary/aromatic N) is 1. The van der Waals surface area contributed by atoms with Crippen LogP contribution >= 0.6 is 0 Å². The van der Waals surface area contributed by atoms with Crippen LogP contribution < -0.4 is 15.3 Å². The number of carboxylic acids is 1. The molecule has 0 saturated heterocycles. The van der Waals surface area contributed by atoms with E-state index in [0.29, 0.717) is 11.4 Å². The zero-order chi connectivity index (χ0) is 15.1. The normalized spacial score (nSPS) is 10.5. The first-order valence-electron chi connectivity index (χ1n) is 6.11. The maximum Gasteiger partial charge on any atom is 0.128 e. The Bertz CT molecular complexity index is 624. The first-order valence-corrected chi connectivity index (χ1v) is 6.11. The Hall–Kier alpha value is -2.89. The SMILES string of the molecule is O=C([O-])COc1ccc(/C=N\Nc2ccc(F)cc2)cc1. The summed E-state index contributed by atoms with van der Waals surface area (Å²) >= 11 is 0. The standard InChI is InChI=1S/C15H13FN2O3/c16-12-3-5-13(6-4-12)18-17-9-11-1-7-14(8-2-11)21-10-15(19)20/h1-9,18H,10H2,(H,19,20)/p-1/b17-9-. The zero-order valence-electron chi connectivity index (χ0n) is 11.0. The fraction of sp³-hybridized carbons (Fsp3) is 0.0667. The number of nitrogens with one attached hydrogen (secondary N) is 1. The minimum atomic E-state index is -1.27. The second kappa shape index (κ2) is 7.04. The Labute approximate surface area is 120 Å². The second-order valence-corrected chi connectivity index (χ2v) is 4.11. The average molecular weight is 287 g/mol. The molecule has 0 unspecified atom stereocenters. The smallest absolute Gasteiger partial charge is 0.128 e. The predicted molar refractivity (Wildman–Crippen MR) is 74.6 cm³/mol. The fourth-order valence-corrected chi connectivity index (χ4v) is 1.50. The minimum Gasteiger partial charge on any atom is -0.546 e. The van der Waals surface area contributed by atoms with Crippen LogP contribution in [0, 0.1) is 5.82 Å². The van der Waals surface area contributed by atoms with Crippen molar-refractivity contribution >= 4 is 17.9 Å². The lowest BCUT2D eigenvalue weighted by molar-refractivity contribution is -0.307. The molecule has 0 aliphatic rings. The lowest BCUT2D eigenvalue weighted by Gasteiger charge is -2.06. The summed E-state index contributed by atoms with van der Waals surface area (Å²) in [4.78, 5) is 10.2.